The van der Waals surface area contributed by atoms with Gasteiger partial charge in [0.2, 0.25) is 0 Å². The molecule has 0 saturated heterocycles. The van der Waals surface area contributed by atoms with Crippen LogP contribution in [0.25, 0.3) is 0 Å². The van der Waals surface area contributed by atoms with Crippen LogP contribution in [0.1, 0.15) is 41.6 Å². The number of rotatable bonds is 9. The first-order valence-corrected chi connectivity index (χ1v) is 12.3. The normalized spacial score (nSPS) is 12.2. The van der Waals surface area contributed by atoms with E-state index in [1.54, 1.807) is 17.4 Å². The Bertz CT molecular complexity index is 905. The number of aliphatic imine (C=N–C) groups is 1. The van der Waals surface area contributed by atoms with Crippen LogP contribution in [-0.2, 0) is 22.8 Å². The second kappa shape index (κ2) is 10.6. The van der Waals surface area contributed by atoms with Gasteiger partial charge in [0.15, 0.2) is 15.8 Å². The van der Waals surface area contributed by atoms with E-state index in [0.717, 1.165) is 55.1 Å². The second-order valence-electron chi connectivity index (χ2n) is 6.83. The van der Waals surface area contributed by atoms with Crippen molar-refractivity contribution < 1.29 is 8.42 Å². The predicted octanol–water partition coefficient (Wildman–Crippen LogP) is 3.24. The Kier molecular flexibility index (Phi) is 8.44. The fraction of sp³-hybridized carbons (Fsp3) is 0.500. The zero-order chi connectivity index (χ0) is 20.6. The minimum atomic E-state index is -3.19. The number of hydrogen-bond acceptors (Lipinski definition) is 5. The summed E-state index contributed by atoms with van der Waals surface area (Å²) in [5, 5.41) is 9.90. The molecule has 0 spiro atoms. The molecule has 8 heteroatoms. The molecule has 1 aromatic heterocycles. The SMILES string of the molecule is CCNC(=NCc1ccc(S(C)(=O)=O)c(C)c1)NCCCCc1nc(C)cs1. The topological polar surface area (TPSA) is 83.5 Å². The lowest BCUT2D eigenvalue weighted by atomic mass is 10.1. The zero-order valence-corrected chi connectivity index (χ0v) is 18.7. The highest BCUT2D eigenvalue weighted by molar-refractivity contribution is 7.90. The molecule has 0 fully saturated rings. The number of hydrogen-bond donors (Lipinski definition) is 2. The Hall–Kier alpha value is -1.93. The number of guanidine groups is 1. The van der Waals surface area contributed by atoms with Gasteiger partial charge in [-0.3, -0.25) is 0 Å². The van der Waals surface area contributed by atoms with Crippen LogP contribution in [0, 0.1) is 13.8 Å². The van der Waals surface area contributed by atoms with Gasteiger partial charge in [0.25, 0.3) is 0 Å². The summed E-state index contributed by atoms with van der Waals surface area (Å²) < 4.78 is 23.5. The van der Waals surface area contributed by atoms with Crippen LogP contribution < -0.4 is 10.6 Å². The van der Waals surface area contributed by atoms with E-state index >= 15 is 0 Å². The van der Waals surface area contributed by atoms with Crippen LogP contribution in [0.5, 0.6) is 0 Å². The lowest BCUT2D eigenvalue weighted by Gasteiger charge is -2.11. The smallest absolute Gasteiger partial charge is 0.191 e. The summed E-state index contributed by atoms with van der Waals surface area (Å²) in [5.74, 6) is 0.775. The first-order valence-electron chi connectivity index (χ1n) is 9.52. The van der Waals surface area contributed by atoms with Gasteiger partial charge in [0.05, 0.1) is 16.4 Å². The molecule has 0 radical (unpaired) electrons. The van der Waals surface area contributed by atoms with Gasteiger partial charge in [-0.15, -0.1) is 11.3 Å². The summed E-state index contributed by atoms with van der Waals surface area (Å²) in [5.41, 5.74) is 2.84. The average molecular weight is 423 g/mol. The van der Waals surface area contributed by atoms with Gasteiger partial charge in [0, 0.05) is 30.4 Å². The Morgan fingerprint density at radius 1 is 1.21 bits per heavy atom. The monoisotopic (exact) mass is 422 g/mol. The molecule has 0 saturated carbocycles. The first kappa shape index (κ1) is 22.4. The van der Waals surface area contributed by atoms with Gasteiger partial charge < -0.3 is 10.6 Å². The second-order valence-corrected chi connectivity index (χ2v) is 9.76. The van der Waals surface area contributed by atoms with Crippen molar-refractivity contribution in [2.75, 3.05) is 19.3 Å². The molecule has 1 heterocycles. The quantitative estimate of drug-likeness (QED) is 0.368. The molecule has 28 heavy (non-hydrogen) atoms. The van der Waals surface area contributed by atoms with E-state index in [4.69, 9.17) is 0 Å². The highest BCUT2D eigenvalue weighted by Crippen LogP contribution is 2.17. The fourth-order valence-corrected chi connectivity index (χ4v) is 4.64. The molecule has 0 aliphatic carbocycles. The van der Waals surface area contributed by atoms with Crippen molar-refractivity contribution >= 4 is 27.1 Å². The van der Waals surface area contributed by atoms with Gasteiger partial charge in [-0.25, -0.2) is 18.4 Å². The van der Waals surface area contributed by atoms with Crippen LogP contribution in [0.15, 0.2) is 33.5 Å². The van der Waals surface area contributed by atoms with Gasteiger partial charge in [-0.2, -0.15) is 0 Å². The van der Waals surface area contributed by atoms with Crippen LogP contribution in [0.4, 0.5) is 0 Å². The van der Waals surface area contributed by atoms with E-state index in [1.807, 2.05) is 32.9 Å². The Morgan fingerprint density at radius 3 is 2.61 bits per heavy atom. The molecular weight excluding hydrogens is 392 g/mol. The van der Waals surface area contributed by atoms with E-state index in [9.17, 15) is 8.42 Å². The Labute approximate surface area is 172 Å². The maximum absolute atomic E-state index is 11.7. The number of thiazole rings is 1. The van der Waals surface area contributed by atoms with E-state index < -0.39 is 9.84 Å². The number of unbranched alkanes of at least 4 members (excludes halogenated alkanes) is 1. The van der Waals surface area contributed by atoms with E-state index in [-0.39, 0.29) is 0 Å². The van der Waals surface area contributed by atoms with Gasteiger partial charge in [-0.05, 0) is 57.2 Å². The van der Waals surface area contributed by atoms with Crippen LogP contribution in [0.2, 0.25) is 0 Å². The van der Waals surface area contributed by atoms with Crippen molar-refractivity contribution in [1.29, 1.82) is 0 Å². The molecule has 0 amide bonds. The molecule has 154 valence electrons. The molecule has 0 unspecified atom stereocenters. The van der Waals surface area contributed by atoms with Crippen molar-refractivity contribution in [1.82, 2.24) is 15.6 Å². The van der Waals surface area contributed by atoms with Crippen LogP contribution in [0.3, 0.4) is 0 Å². The molecule has 0 atom stereocenters. The predicted molar refractivity (Wildman–Crippen MR) is 117 cm³/mol. The number of sulfone groups is 1. The summed E-state index contributed by atoms with van der Waals surface area (Å²) in [6, 6.07) is 5.38. The Morgan fingerprint density at radius 2 is 2.00 bits per heavy atom. The zero-order valence-electron chi connectivity index (χ0n) is 17.1. The van der Waals surface area contributed by atoms with Crippen molar-refractivity contribution in [3.63, 3.8) is 0 Å². The highest BCUT2D eigenvalue weighted by Gasteiger charge is 2.10. The largest absolute Gasteiger partial charge is 0.357 e. The molecule has 6 nitrogen and oxygen atoms in total. The fourth-order valence-electron chi connectivity index (χ4n) is 2.86. The van der Waals surface area contributed by atoms with Crippen molar-refractivity contribution in [3.05, 3.63) is 45.4 Å². The molecule has 2 aromatic rings. The van der Waals surface area contributed by atoms with E-state index in [2.05, 4.69) is 26.0 Å². The van der Waals surface area contributed by atoms with E-state index in [1.165, 1.54) is 11.3 Å². The van der Waals surface area contributed by atoms with Crippen LogP contribution in [-0.4, -0.2) is 38.7 Å². The molecule has 2 N–H and O–H groups in total. The molecule has 0 aliphatic heterocycles. The van der Waals surface area contributed by atoms with Crippen molar-refractivity contribution in [2.45, 2.75) is 51.5 Å². The number of nitrogens with zero attached hydrogens (tertiary/aromatic N) is 2. The molecule has 0 bridgehead atoms. The maximum Gasteiger partial charge on any atom is 0.191 e. The standard InChI is InChI=1S/C20H30N4O2S2/c1-5-21-20(22-11-7-6-8-19-24-16(3)14-27-19)23-13-17-9-10-18(15(2)12-17)28(4,25)26/h9-10,12,14H,5-8,11,13H2,1-4H3,(H2,21,22,23). The first-order chi connectivity index (χ1) is 13.3. The van der Waals surface area contributed by atoms with Gasteiger partial charge >= 0.3 is 0 Å². The third-order valence-electron chi connectivity index (χ3n) is 4.18. The summed E-state index contributed by atoms with van der Waals surface area (Å²) in [6.45, 7) is 8.01. The molecule has 2 rings (SSSR count). The Balaban J connectivity index is 1.85. The molecule has 0 aliphatic rings. The lowest BCUT2D eigenvalue weighted by Crippen LogP contribution is -2.37. The van der Waals surface area contributed by atoms with Gasteiger partial charge in [-0.1, -0.05) is 12.1 Å². The average Bonchev–Trinajstić information content (AvgIpc) is 3.03. The van der Waals surface area contributed by atoms with E-state index in [0.29, 0.717) is 11.4 Å². The number of aromatic nitrogens is 1. The number of aryl methyl sites for hydroxylation is 3. The number of benzene rings is 1. The van der Waals surface area contributed by atoms with Gasteiger partial charge in [0.1, 0.15) is 0 Å². The molecule has 1 aromatic carbocycles. The molecular formula is C20H30N4O2S2. The summed E-state index contributed by atoms with van der Waals surface area (Å²) >= 11 is 1.73. The van der Waals surface area contributed by atoms with Crippen molar-refractivity contribution in [2.24, 2.45) is 4.99 Å². The third kappa shape index (κ3) is 7.24. The summed E-state index contributed by atoms with van der Waals surface area (Å²) in [6.07, 6.45) is 4.38. The van der Waals surface area contributed by atoms with Crippen LogP contribution >= 0.6 is 11.3 Å². The lowest BCUT2D eigenvalue weighted by molar-refractivity contribution is 0.601. The minimum absolute atomic E-state index is 0.376. The third-order valence-corrected chi connectivity index (χ3v) is 6.46. The minimum Gasteiger partial charge on any atom is -0.357 e. The summed E-state index contributed by atoms with van der Waals surface area (Å²) in [7, 11) is -3.19. The summed E-state index contributed by atoms with van der Waals surface area (Å²) in [4.78, 5) is 9.47. The highest BCUT2D eigenvalue weighted by atomic mass is 32.2. The maximum atomic E-state index is 11.7. The number of nitrogens with one attached hydrogen (secondary N) is 2. The van der Waals surface area contributed by atoms with Crippen molar-refractivity contribution in [3.8, 4) is 0 Å².